The number of hydrogen-bond donors (Lipinski definition) is 1. The van der Waals surface area contributed by atoms with E-state index >= 15 is 0 Å². The van der Waals surface area contributed by atoms with Gasteiger partial charge >= 0.3 is 0 Å². The van der Waals surface area contributed by atoms with E-state index in [4.69, 9.17) is 5.73 Å². The molecule has 1 saturated carbocycles. The van der Waals surface area contributed by atoms with E-state index in [2.05, 4.69) is 4.90 Å². The number of alkyl halides is 1. The lowest BCUT2D eigenvalue weighted by Gasteiger charge is -2.29. The lowest BCUT2D eigenvalue weighted by molar-refractivity contribution is 0.211. The summed E-state index contributed by atoms with van der Waals surface area (Å²) in [6.45, 7) is 2.74. The molecule has 0 radical (unpaired) electrons. The average Bonchev–Trinajstić information content (AvgIpc) is 2.56. The van der Waals surface area contributed by atoms with Gasteiger partial charge in [0.1, 0.15) is 6.17 Å². The number of hydrogen-bond acceptors (Lipinski definition) is 2. The smallest absolute Gasteiger partial charge is 0.114 e. The van der Waals surface area contributed by atoms with E-state index in [1.54, 1.807) is 0 Å². The molecule has 0 unspecified atom stereocenters. The summed E-state index contributed by atoms with van der Waals surface area (Å²) in [6, 6.07) is 0.429. The van der Waals surface area contributed by atoms with Crippen molar-refractivity contribution in [1.82, 2.24) is 4.90 Å². The van der Waals surface area contributed by atoms with Gasteiger partial charge in [0, 0.05) is 25.7 Å². The monoisotopic (exact) mass is 200 g/mol. The molecule has 82 valence electrons. The summed E-state index contributed by atoms with van der Waals surface area (Å²) in [5, 5.41) is 0. The molecule has 2 rings (SSSR count). The summed E-state index contributed by atoms with van der Waals surface area (Å²) in [5.41, 5.74) is 5.85. The van der Waals surface area contributed by atoms with E-state index in [1.165, 1.54) is 12.8 Å². The summed E-state index contributed by atoms with van der Waals surface area (Å²) < 4.78 is 12.9. The molecule has 2 aliphatic rings. The van der Waals surface area contributed by atoms with E-state index in [1.807, 2.05) is 0 Å². The lowest BCUT2D eigenvalue weighted by Crippen LogP contribution is -2.33. The molecule has 0 bridgehead atoms. The summed E-state index contributed by atoms with van der Waals surface area (Å²) in [5.74, 6) is 0.778. The highest BCUT2D eigenvalue weighted by molar-refractivity contribution is 4.80. The third-order valence-corrected chi connectivity index (χ3v) is 3.62. The van der Waals surface area contributed by atoms with Crippen molar-refractivity contribution in [2.45, 2.75) is 44.3 Å². The van der Waals surface area contributed by atoms with Crippen LogP contribution in [-0.2, 0) is 0 Å². The molecule has 1 saturated heterocycles. The van der Waals surface area contributed by atoms with Gasteiger partial charge in [-0.2, -0.15) is 0 Å². The van der Waals surface area contributed by atoms with Gasteiger partial charge in [0.15, 0.2) is 0 Å². The zero-order valence-electron chi connectivity index (χ0n) is 8.79. The van der Waals surface area contributed by atoms with Crippen molar-refractivity contribution in [3.63, 3.8) is 0 Å². The highest BCUT2D eigenvalue weighted by Gasteiger charge is 2.26. The Morgan fingerprint density at radius 3 is 2.43 bits per heavy atom. The van der Waals surface area contributed by atoms with Gasteiger partial charge in [-0.3, -0.25) is 0 Å². The molecule has 1 atom stereocenters. The van der Waals surface area contributed by atoms with Crippen molar-refractivity contribution < 1.29 is 4.39 Å². The van der Waals surface area contributed by atoms with Gasteiger partial charge in [0.05, 0.1) is 0 Å². The van der Waals surface area contributed by atoms with Crippen LogP contribution in [0, 0.1) is 5.92 Å². The second kappa shape index (κ2) is 4.58. The molecule has 0 amide bonds. The molecule has 14 heavy (non-hydrogen) atoms. The third-order valence-electron chi connectivity index (χ3n) is 3.62. The summed E-state index contributed by atoms with van der Waals surface area (Å²) >= 11 is 0. The first kappa shape index (κ1) is 10.4. The molecule has 1 heterocycles. The molecule has 2 fully saturated rings. The Morgan fingerprint density at radius 2 is 1.86 bits per heavy atom. The predicted molar refractivity (Wildman–Crippen MR) is 55.9 cm³/mol. The highest BCUT2D eigenvalue weighted by atomic mass is 19.1. The van der Waals surface area contributed by atoms with Crippen LogP contribution in [0.4, 0.5) is 4.39 Å². The summed E-state index contributed by atoms with van der Waals surface area (Å²) in [7, 11) is 0. The zero-order chi connectivity index (χ0) is 9.97. The fourth-order valence-corrected chi connectivity index (χ4v) is 2.69. The number of rotatable bonds is 2. The molecule has 1 aliphatic carbocycles. The van der Waals surface area contributed by atoms with Crippen LogP contribution >= 0.6 is 0 Å². The first-order chi connectivity index (χ1) is 6.74. The number of nitrogens with zero attached hydrogens (tertiary/aromatic N) is 1. The second-order valence-electron chi connectivity index (χ2n) is 4.93. The Morgan fingerprint density at radius 1 is 1.14 bits per heavy atom. The van der Waals surface area contributed by atoms with E-state index in [-0.39, 0.29) is 0 Å². The molecule has 2 nitrogen and oxygen atoms in total. The van der Waals surface area contributed by atoms with Crippen LogP contribution in [0.2, 0.25) is 0 Å². The van der Waals surface area contributed by atoms with Gasteiger partial charge in [-0.1, -0.05) is 0 Å². The van der Waals surface area contributed by atoms with Crippen molar-refractivity contribution in [2.24, 2.45) is 11.7 Å². The Hall–Kier alpha value is -0.150. The van der Waals surface area contributed by atoms with Crippen LogP contribution in [0.5, 0.6) is 0 Å². The fraction of sp³-hybridized carbons (Fsp3) is 1.00. The molecule has 1 aliphatic heterocycles. The topological polar surface area (TPSA) is 29.3 Å². The first-order valence-electron chi connectivity index (χ1n) is 5.86. The van der Waals surface area contributed by atoms with Gasteiger partial charge in [-0.15, -0.1) is 0 Å². The van der Waals surface area contributed by atoms with Crippen molar-refractivity contribution in [3.8, 4) is 0 Å². The van der Waals surface area contributed by atoms with Gasteiger partial charge in [0.25, 0.3) is 0 Å². The van der Waals surface area contributed by atoms with Gasteiger partial charge in [-0.05, 0) is 38.0 Å². The van der Waals surface area contributed by atoms with E-state index < -0.39 is 6.17 Å². The molecule has 3 heteroatoms. The Balaban J connectivity index is 1.70. The van der Waals surface area contributed by atoms with Crippen molar-refractivity contribution in [1.29, 1.82) is 0 Å². The molecule has 2 N–H and O–H groups in total. The van der Waals surface area contributed by atoms with E-state index in [9.17, 15) is 4.39 Å². The minimum absolute atomic E-state index is 0.429. The quantitative estimate of drug-likeness (QED) is 0.732. The SMILES string of the molecule is N[C@H]1CC[C@H](CN2CC[C@@H](F)C2)CC1. The van der Waals surface area contributed by atoms with E-state index in [0.29, 0.717) is 12.6 Å². The van der Waals surface area contributed by atoms with Gasteiger partial charge < -0.3 is 10.6 Å². The lowest BCUT2D eigenvalue weighted by atomic mass is 9.86. The maximum atomic E-state index is 12.9. The Kier molecular flexibility index (Phi) is 3.39. The van der Waals surface area contributed by atoms with Crippen LogP contribution in [0.1, 0.15) is 32.1 Å². The Bertz CT molecular complexity index is 178. The third kappa shape index (κ3) is 2.67. The van der Waals surface area contributed by atoms with Crippen LogP contribution < -0.4 is 5.73 Å². The minimum Gasteiger partial charge on any atom is -0.328 e. The van der Waals surface area contributed by atoms with Crippen LogP contribution in [0.3, 0.4) is 0 Å². The predicted octanol–water partition coefficient (Wildman–Crippen LogP) is 1.55. The zero-order valence-corrected chi connectivity index (χ0v) is 8.79. The largest absolute Gasteiger partial charge is 0.328 e. The maximum absolute atomic E-state index is 12.9. The molecule has 0 aromatic rings. The molecule has 0 aromatic carbocycles. The minimum atomic E-state index is -0.569. The highest BCUT2D eigenvalue weighted by Crippen LogP contribution is 2.25. The van der Waals surface area contributed by atoms with Crippen LogP contribution in [0.25, 0.3) is 0 Å². The molecule has 0 spiro atoms. The molecular weight excluding hydrogens is 179 g/mol. The summed E-state index contributed by atoms with van der Waals surface area (Å²) in [4.78, 5) is 2.28. The van der Waals surface area contributed by atoms with Crippen molar-refractivity contribution in [2.75, 3.05) is 19.6 Å². The van der Waals surface area contributed by atoms with Crippen molar-refractivity contribution in [3.05, 3.63) is 0 Å². The fourth-order valence-electron chi connectivity index (χ4n) is 2.69. The van der Waals surface area contributed by atoms with Crippen molar-refractivity contribution >= 4 is 0 Å². The standard InChI is InChI=1S/C11H21FN2/c12-10-5-6-14(8-10)7-9-1-3-11(13)4-2-9/h9-11H,1-8,13H2/t9-,10-,11-/m1/s1. The van der Waals surface area contributed by atoms with Crippen LogP contribution in [0.15, 0.2) is 0 Å². The normalized spacial score (nSPS) is 40.3. The number of likely N-dealkylation sites (tertiary alicyclic amines) is 1. The van der Waals surface area contributed by atoms with Crippen LogP contribution in [-0.4, -0.2) is 36.7 Å². The van der Waals surface area contributed by atoms with E-state index in [0.717, 1.165) is 38.3 Å². The maximum Gasteiger partial charge on any atom is 0.114 e. The average molecular weight is 200 g/mol. The Labute approximate surface area is 85.6 Å². The first-order valence-corrected chi connectivity index (χ1v) is 5.86. The number of halogens is 1. The van der Waals surface area contributed by atoms with Gasteiger partial charge in [0.2, 0.25) is 0 Å². The molecular formula is C11H21FN2. The second-order valence-corrected chi connectivity index (χ2v) is 4.93. The molecule has 0 aromatic heterocycles. The van der Waals surface area contributed by atoms with Gasteiger partial charge in [-0.25, -0.2) is 4.39 Å². The number of nitrogens with two attached hydrogens (primary N) is 1. The summed E-state index contributed by atoms with van der Waals surface area (Å²) in [6.07, 6.45) is 4.99.